The predicted octanol–water partition coefficient (Wildman–Crippen LogP) is 4.13. The number of hydrogen-bond acceptors (Lipinski definition) is 4. The molecular formula is C16H14F3NO3. The van der Waals surface area contributed by atoms with Crippen molar-refractivity contribution in [2.75, 3.05) is 6.61 Å². The van der Waals surface area contributed by atoms with E-state index in [2.05, 4.69) is 9.72 Å². The maximum atomic E-state index is 12.1. The highest BCUT2D eigenvalue weighted by atomic mass is 19.4. The first-order chi connectivity index (χ1) is 10.8. The first-order valence-electron chi connectivity index (χ1n) is 6.80. The van der Waals surface area contributed by atoms with E-state index < -0.39 is 12.3 Å². The van der Waals surface area contributed by atoms with Crippen LogP contribution in [-0.2, 0) is 4.74 Å². The van der Waals surface area contributed by atoms with Crippen molar-refractivity contribution in [3.63, 3.8) is 0 Å². The first-order valence-corrected chi connectivity index (χ1v) is 6.80. The molecule has 0 amide bonds. The molecule has 0 atom stereocenters. The topological polar surface area (TPSA) is 48.4 Å². The number of alkyl halides is 3. The van der Waals surface area contributed by atoms with Crippen LogP contribution < -0.4 is 4.74 Å². The molecule has 2 aromatic rings. The Morgan fingerprint density at radius 3 is 2.39 bits per heavy atom. The van der Waals surface area contributed by atoms with Crippen LogP contribution in [0, 0.1) is 6.92 Å². The van der Waals surface area contributed by atoms with Gasteiger partial charge < -0.3 is 9.47 Å². The van der Waals surface area contributed by atoms with Crippen LogP contribution in [0.5, 0.6) is 5.75 Å². The molecule has 0 radical (unpaired) electrons. The maximum absolute atomic E-state index is 12.1. The van der Waals surface area contributed by atoms with E-state index in [1.807, 2.05) is 0 Å². The van der Waals surface area contributed by atoms with Crippen LogP contribution in [-0.4, -0.2) is 23.9 Å². The lowest BCUT2D eigenvalue weighted by Gasteiger charge is -2.10. The van der Waals surface area contributed by atoms with Crippen molar-refractivity contribution in [3.05, 3.63) is 47.7 Å². The van der Waals surface area contributed by atoms with Crippen LogP contribution in [0.1, 0.15) is 23.0 Å². The number of esters is 1. The summed E-state index contributed by atoms with van der Waals surface area (Å²) in [5.74, 6) is -0.796. The number of carbonyl (C=O) groups is 1. The second-order valence-corrected chi connectivity index (χ2v) is 4.68. The molecule has 4 nitrogen and oxygen atoms in total. The zero-order chi connectivity index (χ0) is 17.0. The Labute approximate surface area is 130 Å². The highest BCUT2D eigenvalue weighted by molar-refractivity contribution is 5.90. The zero-order valence-corrected chi connectivity index (χ0v) is 12.5. The number of ether oxygens (including phenoxy) is 2. The molecule has 0 aliphatic rings. The normalized spacial score (nSPS) is 11.2. The molecule has 0 fully saturated rings. The minimum atomic E-state index is -4.74. The summed E-state index contributed by atoms with van der Waals surface area (Å²) < 4.78 is 45.2. The fourth-order valence-corrected chi connectivity index (χ4v) is 1.98. The number of nitrogens with zero attached hydrogens (tertiary/aromatic N) is 1. The summed E-state index contributed by atoms with van der Waals surface area (Å²) in [7, 11) is 0. The molecule has 0 unspecified atom stereocenters. The van der Waals surface area contributed by atoms with Crippen molar-refractivity contribution < 1.29 is 27.4 Å². The fraction of sp³-hybridized carbons (Fsp3) is 0.250. The Kier molecular flexibility index (Phi) is 4.88. The van der Waals surface area contributed by atoms with Crippen LogP contribution in [0.25, 0.3) is 11.3 Å². The molecule has 0 aliphatic heterocycles. The molecule has 1 aromatic carbocycles. The second-order valence-electron chi connectivity index (χ2n) is 4.68. The van der Waals surface area contributed by atoms with E-state index in [9.17, 15) is 18.0 Å². The zero-order valence-electron chi connectivity index (χ0n) is 12.5. The summed E-state index contributed by atoms with van der Waals surface area (Å²) in [6.07, 6.45) is -4.74. The number of rotatable bonds is 4. The number of carbonyl (C=O) groups excluding carboxylic acids is 1. The summed E-state index contributed by atoms with van der Waals surface area (Å²) in [5.41, 5.74) is 1.96. The summed E-state index contributed by atoms with van der Waals surface area (Å²) in [6.45, 7) is 3.67. The van der Waals surface area contributed by atoms with Crippen molar-refractivity contribution in [3.8, 4) is 17.0 Å². The van der Waals surface area contributed by atoms with Crippen molar-refractivity contribution in [1.29, 1.82) is 0 Å². The van der Waals surface area contributed by atoms with Gasteiger partial charge in [-0.2, -0.15) is 0 Å². The van der Waals surface area contributed by atoms with E-state index in [1.165, 1.54) is 30.3 Å². The van der Waals surface area contributed by atoms with Crippen LogP contribution in [0.2, 0.25) is 0 Å². The number of aryl methyl sites for hydroxylation is 1. The van der Waals surface area contributed by atoms with Gasteiger partial charge in [0.25, 0.3) is 0 Å². The predicted molar refractivity (Wildman–Crippen MR) is 77.0 cm³/mol. The Morgan fingerprint density at radius 1 is 1.17 bits per heavy atom. The lowest BCUT2D eigenvalue weighted by Crippen LogP contribution is -2.16. The van der Waals surface area contributed by atoms with Crippen molar-refractivity contribution >= 4 is 5.97 Å². The van der Waals surface area contributed by atoms with Gasteiger partial charge in [0, 0.05) is 11.3 Å². The highest BCUT2D eigenvalue weighted by Gasteiger charge is 2.31. The Bertz CT molecular complexity index is 697. The molecule has 122 valence electrons. The van der Waals surface area contributed by atoms with Crippen LogP contribution >= 0.6 is 0 Å². The second kappa shape index (κ2) is 6.68. The van der Waals surface area contributed by atoms with Gasteiger partial charge in [0.05, 0.1) is 17.9 Å². The van der Waals surface area contributed by atoms with Gasteiger partial charge in [0.15, 0.2) is 0 Å². The third-order valence-electron chi connectivity index (χ3n) is 2.85. The van der Waals surface area contributed by atoms with Gasteiger partial charge in [-0.15, -0.1) is 13.2 Å². The minimum Gasteiger partial charge on any atom is -0.462 e. The molecular weight excluding hydrogens is 311 g/mol. The molecule has 0 bridgehead atoms. The van der Waals surface area contributed by atoms with E-state index in [-0.39, 0.29) is 12.4 Å². The van der Waals surface area contributed by atoms with E-state index in [0.29, 0.717) is 22.5 Å². The molecule has 0 saturated carbocycles. The summed E-state index contributed by atoms with van der Waals surface area (Å²) in [6, 6.07) is 8.39. The van der Waals surface area contributed by atoms with Crippen LogP contribution in [0.3, 0.4) is 0 Å². The third-order valence-corrected chi connectivity index (χ3v) is 2.85. The van der Waals surface area contributed by atoms with E-state index in [4.69, 9.17) is 4.74 Å². The SMILES string of the molecule is CCOC(=O)c1cc(C)nc(-c2ccc(OC(F)(F)F)cc2)c1. The van der Waals surface area contributed by atoms with Crippen LogP contribution in [0.15, 0.2) is 36.4 Å². The number of pyridine rings is 1. The quantitative estimate of drug-likeness (QED) is 0.793. The highest BCUT2D eigenvalue weighted by Crippen LogP contribution is 2.26. The lowest BCUT2D eigenvalue weighted by atomic mass is 10.1. The minimum absolute atomic E-state index is 0.249. The largest absolute Gasteiger partial charge is 0.573 e. The molecule has 1 heterocycles. The molecule has 0 N–H and O–H groups in total. The Morgan fingerprint density at radius 2 is 1.83 bits per heavy atom. The fourth-order valence-electron chi connectivity index (χ4n) is 1.98. The third kappa shape index (κ3) is 4.70. The average Bonchev–Trinajstić information content (AvgIpc) is 2.46. The molecule has 23 heavy (non-hydrogen) atoms. The molecule has 0 saturated heterocycles. The van der Waals surface area contributed by atoms with Crippen LogP contribution in [0.4, 0.5) is 13.2 Å². The number of benzene rings is 1. The van der Waals surface area contributed by atoms with Gasteiger partial charge in [-0.05, 0) is 50.2 Å². The molecule has 1 aromatic heterocycles. The van der Waals surface area contributed by atoms with Gasteiger partial charge in [0.1, 0.15) is 5.75 Å². The van der Waals surface area contributed by atoms with Gasteiger partial charge in [-0.1, -0.05) is 0 Å². The molecule has 0 spiro atoms. The van der Waals surface area contributed by atoms with Gasteiger partial charge >= 0.3 is 12.3 Å². The summed E-state index contributed by atoms with van der Waals surface area (Å²) in [4.78, 5) is 16.1. The van der Waals surface area contributed by atoms with E-state index >= 15 is 0 Å². The smallest absolute Gasteiger partial charge is 0.462 e. The maximum Gasteiger partial charge on any atom is 0.573 e. The summed E-state index contributed by atoms with van der Waals surface area (Å²) >= 11 is 0. The van der Waals surface area contributed by atoms with Gasteiger partial charge in [-0.25, -0.2) is 4.79 Å². The number of aromatic nitrogens is 1. The lowest BCUT2D eigenvalue weighted by molar-refractivity contribution is -0.274. The number of halogens is 3. The van der Waals surface area contributed by atoms with Crippen molar-refractivity contribution in [1.82, 2.24) is 4.98 Å². The molecule has 2 rings (SSSR count). The van der Waals surface area contributed by atoms with E-state index in [0.717, 1.165) is 0 Å². The Hall–Kier alpha value is -2.57. The summed E-state index contributed by atoms with van der Waals surface area (Å²) in [5, 5.41) is 0. The van der Waals surface area contributed by atoms with Crippen molar-refractivity contribution in [2.24, 2.45) is 0 Å². The molecule has 0 aliphatic carbocycles. The number of hydrogen-bond donors (Lipinski definition) is 0. The van der Waals surface area contributed by atoms with Gasteiger partial charge in [0.2, 0.25) is 0 Å². The average molecular weight is 325 g/mol. The Balaban J connectivity index is 2.29. The standard InChI is InChI=1S/C16H14F3NO3/c1-3-22-15(21)12-8-10(2)20-14(9-12)11-4-6-13(7-5-11)23-16(17,18)19/h4-9H,3H2,1-2H3. The van der Waals surface area contributed by atoms with Crippen molar-refractivity contribution in [2.45, 2.75) is 20.2 Å². The molecule has 7 heteroatoms. The van der Waals surface area contributed by atoms with E-state index in [1.54, 1.807) is 19.9 Å². The monoisotopic (exact) mass is 325 g/mol. The first kappa shape index (κ1) is 16.8. The van der Waals surface area contributed by atoms with Gasteiger partial charge in [-0.3, -0.25) is 4.98 Å².